The number of nitrogens with one attached hydrogen (secondary N) is 1. The van der Waals surface area contributed by atoms with Gasteiger partial charge in [0.2, 0.25) is 0 Å². The fraction of sp³-hybridized carbons (Fsp3) is 0.522. The molecule has 1 aliphatic rings. The van der Waals surface area contributed by atoms with Crippen molar-refractivity contribution in [2.45, 2.75) is 59.9 Å². The van der Waals surface area contributed by atoms with Crippen molar-refractivity contribution in [3.63, 3.8) is 0 Å². The van der Waals surface area contributed by atoms with Gasteiger partial charge in [-0.15, -0.1) is 0 Å². The molecule has 2 heterocycles. The van der Waals surface area contributed by atoms with Crippen molar-refractivity contribution in [1.29, 1.82) is 0 Å². The van der Waals surface area contributed by atoms with E-state index in [1.165, 1.54) is 0 Å². The Morgan fingerprint density at radius 3 is 2.76 bits per heavy atom. The van der Waals surface area contributed by atoms with E-state index in [0.29, 0.717) is 30.5 Å². The van der Waals surface area contributed by atoms with E-state index in [1.807, 2.05) is 42.7 Å². The van der Waals surface area contributed by atoms with Crippen molar-refractivity contribution in [2.24, 2.45) is 5.92 Å². The summed E-state index contributed by atoms with van der Waals surface area (Å²) in [7, 11) is 0. The molecule has 1 aromatic heterocycles. The van der Waals surface area contributed by atoms with Crippen LogP contribution in [0.3, 0.4) is 0 Å². The van der Waals surface area contributed by atoms with Crippen LogP contribution < -0.4 is 10.2 Å². The SMILES string of the molecule is CCN(C(=O)c1nc(C(=O)NCCC(C)C)n2c1CCCC2)c1cccc(C)c1. The van der Waals surface area contributed by atoms with Crippen LogP contribution in [0.25, 0.3) is 0 Å². The van der Waals surface area contributed by atoms with Crippen LogP contribution >= 0.6 is 0 Å². The second-order valence-corrected chi connectivity index (χ2v) is 8.17. The first-order valence-corrected chi connectivity index (χ1v) is 10.7. The molecule has 2 amide bonds. The highest BCUT2D eigenvalue weighted by Gasteiger charge is 2.30. The molecule has 6 heteroatoms. The molecule has 2 aromatic rings. The molecule has 29 heavy (non-hydrogen) atoms. The molecule has 0 radical (unpaired) electrons. The molecular formula is C23H32N4O2. The summed E-state index contributed by atoms with van der Waals surface area (Å²) in [6.07, 6.45) is 3.70. The van der Waals surface area contributed by atoms with Crippen LogP contribution in [0.15, 0.2) is 24.3 Å². The van der Waals surface area contributed by atoms with Gasteiger partial charge in [0, 0.05) is 25.3 Å². The summed E-state index contributed by atoms with van der Waals surface area (Å²) in [6.45, 7) is 10.1. The summed E-state index contributed by atoms with van der Waals surface area (Å²) in [4.78, 5) is 32.5. The standard InChI is InChI=1S/C23H32N4O2/c1-5-26(18-10-8-9-17(4)15-18)23(29)20-19-11-6-7-14-27(19)21(25-20)22(28)24-13-12-16(2)3/h8-10,15-16H,5-7,11-14H2,1-4H3,(H,24,28). The van der Waals surface area contributed by atoms with Gasteiger partial charge in [0.15, 0.2) is 11.5 Å². The zero-order chi connectivity index (χ0) is 21.0. The molecule has 0 bridgehead atoms. The van der Waals surface area contributed by atoms with Crippen molar-refractivity contribution in [3.8, 4) is 0 Å². The number of rotatable bonds is 7. The average Bonchev–Trinajstić information content (AvgIpc) is 3.08. The number of hydrogen-bond donors (Lipinski definition) is 1. The molecule has 0 saturated heterocycles. The molecule has 0 saturated carbocycles. The Balaban J connectivity index is 1.91. The van der Waals surface area contributed by atoms with Gasteiger partial charge in [0.05, 0.1) is 5.69 Å². The van der Waals surface area contributed by atoms with Crippen LogP contribution in [0.2, 0.25) is 0 Å². The smallest absolute Gasteiger partial charge is 0.287 e. The van der Waals surface area contributed by atoms with Crippen molar-refractivity contribution in [2.75, 3.05) is 18.0 Å². The van der Waals surface area contributed by atoms with E-state index in [0.717, 1.165) is 49.2 Å². The summed E-state index contributed by atoms with van der Waals surface area (Å²) in [5.74, 6) is 0.567. The number of benzene rings is 1. The van der Waals surface area contributed by atoms with E-state index >= 15 is 0 Å². The predicted molar refractivity (Wildman–Crippen MR) is 115 cm³/mol. The summed E-state index contributed by atoms with van der Waals surface area (Å²) in [5.41, 5.74) is 3.27. The van der Waals surface area contributed by atoms with Gasteiger partial charge in [-0.25, -0.2) is 4.98 Å². The third-order valence-electron chi connectivity index (χ3n) is 5.41. The molecule has 0 aliphatic carbocycles. The van der Waals surface area contributed by atoms with Gasteiger partial charge in [0.1, 0.15) is 0 Å². The third-order valence-corrected chi connectivity index (χ3v) is 5.41. The van der Waals surface area contributed by atoms with Crippen LogP contribution in [0.1, 0.15) is 72.4 Å². The van der Waals surface area contributed by atoms with E-state index < -0.39 is 0 Å². The quantitative estimate of drug-likeness (QED) is 0.770. The summed E-state index contributed by atoms with van der Waals surface area (Å²) < 4.78 is 1.95. The lowest BCUT2D eigenvalue weighted by atomic mass is 10.1. The first kappa shape index (κ1) is 21.1. The Morgan fingerprint density at radius 2 is 2.07 bits per heavy atom. The maximum atomic E-state index is 13.4. The summed E-state index contributed by atoms with van der Waals surface area (Å²) >= 11 is 0. The van der Waals surface area contributed by atoms with Crippen molar-refractivity contribution < 1.29 is 9.59 Å². The fourth-order valence-electron chi connectivity index (χ4n) is 3.81. The lowest BCUT2D eigenvalue weighted by molar-refractivity contribution is 0.0936. The zero-order valence-corrected chi connectivity index (χ0v) is 18.0. The molecular weight excluding hydrogens is 364 g/mol. The largest absolute Gasteiger partial charge is 0.349 e. The van der Waals surface area contributed by atoms with Gasteiger partial charge in [-0.1, -0.05) is 26.0 Å². The highest BCUT2D eigenvalue weighted by molar-refractivity contribution is 6.06. The van der Waals surface area contributed by atoms with Crippen molar-refractivity contribution in [1.82, 2.24) is 14.9 Å². The molecule has 1 N–H and O–H groups in total. The monoisotopic (exact) mass is 396 g/mol. The molecule has 0 unspecified atom stereocenters. The first-order valence-electron chi connectivity index (χ1n) is 10.7. The minimum atomic E-state index is -0.188. The van der Waals surface area contributed by atoms with E-state index in [1.54, 1.807) is 4.90 Å². The van der Waals surface area contributed by atoms with E-state index in [2.05, 4.69) is 24.1 Å². The van der Waals surface area contributed by atoms with Gasteiger partial charge in [-0.3, -0.25) is 9.59 Å². The minimum Gasteiger partial charge on any atom is -0.349 e. The summed E-state index contributed by atoms with van der Waals surface area (Å²) in [5, 5.41) is 2.97. The van der Waals surface area contributed by atoms with Crippen molar-refractivity contribution in [3.05, 3.63) is 47.0 Å². The molecule has 0 spiro atoms. The lowest BCUT2D eigenvalue weighted by Crippen LogP contribution is -2.32. The van der Waals surface area contributed by atoms with Crippen LogP contribution in [0.5, 0.6) is 0 Å². The number of carbonyl (C=O) groups is 2. The normalized spacial score (nSPS) is 13.3. The van der Waals surface area contributed by atoms with E-state index in [-0.39, 0.29) is 11.8 Å². The molecule has 0 atom stereocenters. The van der Waals surface area contributed by atoms with Gasteiger partial charge in [-0.2, -0.15) is 0 Å². The van der Waals surface area contributed by atoms with Gasteiger partial charge < -0.3 is 14.8 Å². The average molecular weight is 397 g/mol. The zero-order valence-electron chi connectivity index (χ0n) is 18.0. The molecule has 0 fully saturated rings. The molecule has 1 aliphatic heterocycles. The topological polar surface area (TPSA) is 67.2 Å². The Hall–Kier alpha value is -2.63. The Morgan fingerprint density at radius 1 is 1.28 bits per heavy atom. The van der Waals surface area contributed by atoms with Crippen LogP contribution in [0, 0.1) is 12.8 Å². The number of anilines is 1. The number of aryl methyl sites for hydroxylation is 1. The maximum absolute atomic E-state index is 13.4. The van der Waals surface area contributed by atoms with Crippen LogP contribution in [0.4, 0.5) is 5.69 Å². The number of carbonyl (C=O) groups excluding carboxylic acids is 2. The third kappa shape index (κ3) is 4.69. The maximum Gasteiger partial charge on any atom is 0.287 e. The number of nitrogens with zero attached hydrogens (tertiary/aromatic N) is 3. The Kier molecular flexibility index (Phi) is 6.72. The number of imidazole rings is 1. The highest BCUT2D eigenvalue weighted by Crippen LogP contribution is 2.25. The lowest BCUT2D eigenvalue weighted by Gasteiger charge is -2.22. The van der Waals surface area contributed by atoms with Gasteiger partial charge in [-0.05, 0) is 63.1 Å². The second kappa shape index (κ2) is 9.25. The molecule has 3 rings (SSSR count). The first-order chi connectivity index (χ1) is 13.9. The van der Waals surface area contributed by atoms with E-state index in [4.69, 9.17) is 0 Å². The van der Waals surface area contributed by atoms with Crippen LogP contribution in [-0.4, -0.2) is 34.5 Å². The number of aromatic nitrogens is 2. The second-order valence-electron chi connectivity index (χ2n) is 8.17. The predicted octanol–water partition coefficient (Wildman–Crippen LogP) is 3.97. The minimum absolute atomic E-state index is 0.134. The highest BCUT2D eigenvalue weighted by atomic mass is 16.2. The molecule has 6 nitrogen and oxygen atoms in total. The van der Waals surface area contributed by atoms with Gasteiger partial charge in [0.25, 0.3) is 11.8 Å². The number of fused-ring (bicyclic) bond motifs is 1. The Labute approximate surface area is 173 Å². The Bertz CT molecular complexity index is 885. The fourth-order valence-corrected chi connectivity index (χ4v) is 3.81. The molecule has 1 aromatic carbocycles. The number of hydrogen-bond acceptors (Lipinski definition) is 3. The van der Waals surface area contributed by atoms with Crippen molar-refractivity contribution >= 4 is 17.5 Å². The van der Waals surface area contributed by atoms with Gasteiger partial charge >= 0.3 is 0 Å². The van der Waals surface area contributed by atoms with E-state index in [9.17, 15) is 9.59 Å². The number of amides is 2. The summed E-state index contributed by atoms with van der Waals surface area (Å²) in [6, 6.07) is 7.91. The van der Waals surface area contributed by atoms with Crippen LogP contribution in [-0.2, 0) is 13.0 Å². The molecule has 156 valence electrons.